The maximum Gasteiger partial charge on any atom is 0.170 e. The fraction of sp³-hybridized carbons (Fsp3) is 0.222. The van der Waals surface area contributed by atoms with Crippen LogP contribution in [0.4, 0.5) is 0 Å². The SMILES string of the molecule is C1=NC(c2ccccc2-c2ccccc2C2COC=N2)CO1. The van der Waals surface area contributed by atoms with Gasteiger partial charge in [-0.1, -0.05) is 48.5 Å². The molecule has 0 saturated heterocycles. The van der Waals surface area contributed by atoms with Gasteiger partial charge in [-0.25, -0.2) is 9.98 Å². The van der Waals surface area contributed by atoms with E-state index in [0.29, 0.717) is 13.2 Å². The summed E-state index contributed by atoms with van der Waals surface area (Å²) in [5.74, 6) is 0. The normalized spacial score (nSPS) is 22.5. The van der Waals surface area contributed by atoms with Crippen molar-refractivity contribution in [1.82, 2.24) is 0 Å². The molecule has 0 radical (unpaired) electrons. The van der Waals surface area contributed by atoms with Crippen molar-refractivity contribution >= 4 is 12.8 Å². The number of hydrogen-bond acceptors (Lipinski definition) is 4. The van der Waals surface area contributed by atoms with E-state index in [2.05, 4.69) is 46.4 Å². The summed E-state index contributed by atoms with van der Waals surface area (Å²) in [5.41, 5.74) is 4.75. The number of benzene rings is 2. The van der Waals surface area contributed by atoms with Crippen LogP contribution < -0.4 is 0 Å². The van der Waals surface area contributed by atoms with E-state index in [1.165, 1.54) is 22.3 Å². The topological polar surface area (TPSA) is 43.2 Å². The summed E-state index contributed by atoms with van der Waals surface area (Å²) in [7, 11) is 0. The highest BCUT2D eigenvalue weighted by molar-refractivity contribution is 5.73. The van der Waals surface area contributed by atoms with Gasteiger partial charge in [0, 0.05) is 0 Å². The van der Waals surface area contributed by atoms with E-state index in [9.17, 15) is 0 Å². The van der Waals surface area contributed by atoms with Crippen LogP contribution >= 0.6 is 0 Å². The molecule has 0 amide bonds. The van der Waals surface area contributed by atoms with E-state index < -0.39 is 0 Å². The average Bonchev–Trinajstić information content (AvgIpc) is 3.28. The third-order valence-corrected chi connectivity index (χ3v) is 4.07. The Labute approximate surface area is 129 Å². The minimum atomic E-state index is 0.0626. The summed E-state index contributed by atoms with van der Waals surface area (Å²) >= 11 is 0. The molecule has 4 heteroatoms. The van der Waals surface area contributed by atoms with Crippen LogP contribution in [0.1, 0.15) is 23.2 Å². The van der Waals surface area contributed by atoms with Gasteiger partial charge in [-0.05, 0) is 22.3 Å². The second kappa shape index (κ2) is 5.64. The van der Waals surface area contributed by atoms with E-state index in [1.807, 2.05) is 12.1 Å². The highest BCUT2D eigenvalue weighted by Crippen LogP contribution is 2.37. The smallest absolute Gasteiger partial charge is 0.170 e. The Bertz CT molecular complexity index is 676. The van der Waals surface area contributed by atoms with Crippen LogP contribution in [0.2, 0.25) is 0 Å². The Morgan fingerprint density at radius 1 is 0.682 bits per heavy atom. The van der Waals surface area contributed by atoms with Gasteiger partial charge in [-0.3, -0.25) is 0 Å². The lowest BCUT2D eigenvalue weighted by atomic mass is 9.90. The van der Waals surface area contributed by atoms with Crippen LogP contribution in [0.3, 0.4) is 0 Å². The number of nitrogens with zero attached hydrogens (tertiary/aromatic N) is 2. The molecule has 2 heterocycles. The minimum Gasteiger partial charge on any atom is -0.481 e. The third-order valence-electron chi connectivity index (χ3n) is 4.07. The van der Waals surface area contributed by atoms with Gasteiger partial charge < -0.3 is 9.47 Å². The molecule has 0 saturated carbocycles. The standard InChI is InChI=1S/C18H16N2O2/c1-3-7-15(17-9-21-11-19-17)13(5-1)14-6-2-4-8-16(14)18-10-22-12-20-18/h1-8,11-12,17-18H,9-10H2. The number of rotatable bonds is 3. The van der Waals surface area contributed by atoms with Crippen LogP contribution in [0.5, 0.6) is 0 Å². The summed E-state index contributed by atoms with van der Waals surface area (Å²) in [6.07, 6.45) is 3.09. The molecule has 4 nitrogen and oxygen atoms in total. The molecule has 0 spiro atoms. The Morgan fingerprint density at radius 2 is 1.14 bits per heavy atom. The first-order chi connectivity index (χ1) is 10.9. The molecule has 22 heavy (non-hydrogen) atoms. The van der Waals surface area contributed by atoms with E-state index >= 15 is 0 Å². The summed E-state index contributed by atoms with van der Waals surface area (Å²) in [6, 6.07) is 16.9. The molecular weight excluding hydrogens is 276 g/mol. The molecule has 2 atom stereocenters. The predicted molar refractivity (Wildman–Crippen MR) is 86.2 cm³/mol. The first-order valence-corrected chi connectivity index (χ1v) is 7.38. The molecular formula is C18H16N2O2. The van der Waals surface area contributed by atoms with Crippen molar-refractivity contribution in [2.24, 2.45) is 9.98 Å². The third kappa shape index (κ3) is 2.26. The van der Waals surface area contributed by atoms with E-state index in [1.54, 1.807) is 12.8 Å². The second-order valence-corrected chi connectivity index (χ2v) is 5.38. The summed E-state index contributed by atoms with van der Waals surface area (Å²) in [5, 5.41) is 0. The zero-order valence-corrected chi connectivity index (χ0v) is 12.1. The van der Waals surface area contributed by atoms with Crippen molar-refractivity contribution in [2.45, 2.75) is 12.1 Å². The first-order valence-electron chi connectivity index (χ1n) is 7.38. The lowest BCUT2D eigenvalue weighted by Gasteiger charge is -2.17. The van der Waals surface area contributed by atoms with Gasteiger partial charge in [0.25, 0.3) is 0 Å². The van der Waals surface area contributed by atoms with Crippen molar-refractivity contribution in [3.8, 4) is 11.1 Å². The van der Waals surface area contributed by atoms with Gasteiger partial charge in [0.2, 0.25) is 0 Å². The first kappa shape index (κ1) is 13.1. The Kier molecular flexibility index (Phi) is 3.35. The van der Waals surface area contributed by atoms with Crippen LogP contribution in [0.25, 0.3) is 11.1 Å². The predicted octanol–water partition coefficient (Wildman–Crippen LogP) is 3.55. The van der Waals surface area contributed by atoms with E-state index in [0.717, 1.165) is 0 Å². The van der Waals surface area contributed by atoms with Crippen LogP contribution in [0, 0.1) is 0 Å². The molecule has 0 bridgehead atoms. The zero-order valence-electron chi connectivity index (χ0n) is 12.1. The molecule has 0 aliphatic carbocycles. The molecule has 2 unspecified atom stereocenters. The van der Waals surface area contributed by atoms with Gasteiger partial charge in [-0.15, -0.1) is 0 Å². The molecule has 0 fully saturated rings. The molecule has 2 aliphatic heterocycles. The van der Waals surface area contributed by atoms with Crippen LogP contribution in [0.15, 0.2) is 58.5 Å². The van der Waals surface area contributed by atoms with Gasteiger partial charge in [0.15, 0.2) is 12.8 Å². The van der Waals surface area contributed by atoms with E-state index in [-0.39, 0.29) is 12.1 Å². The van der Waals surface area contributed by atoms with Crippen LogP contribution in [-0.2, 0) is 9.47 Å². The fourth-order valence-electron chi connectivity index (χ4n) is 2.99. The largest absolute Gasteiger partial charge is 0.481 e. The molecule has 110 valence electrons. The lowest BCUT2D eigenvalue weighted by molar-refractivity contribution is 0.330. The number of hydrogen-bond donors (Lipinski definition) is 0. The maximum atomic E-state index is 5.30. The van der Waals surface area contributed by atoms with Gasteiger partial charge in [0.05, 0.1) is 0 Å². The number of aliphatic imine (C=N–C) groups is 2. The Morgan fingerprint density at radius 3 is 1.55 bits per heavy atom. The van der Waals surface area contributed by atoms with Crippen molar-refractivity contribution in [2.75, 3.05) is 13.2 Å². The lowest BCUT2D eigenvalue weighted by Crippen LogP contribution is -2.04. The minimum absolute atomic E-state index is 0.0626. The van der Waals surface area contributed by atoms with Crippen molar-refractivity contribution in [1.29, 1.82) is 0 Å². The van der Waals surface area contributed by atoms with Gasteiger partial charge in [0.1, 0.15) is 25.3 Å². The van der Waals surface area contributed by atoms with Crippen LogP contribution in [-0.4, -0.2) is 26.0 Å². The van der Waals surface area contributed by atoms with Crippen molar-refractivity contribution < 1.29 is 9.47 Å². The highest BCUT2D eigenvalue weighted by Gasteiger charge is 2.23. The summed E-state index contributed by atoms with van der Waals surface area (Å²) < 4.78 is 10.6. The van der Waals surface area contributed by atoms with Crippen molar-refractivity contribution in [3.63, 3.8) is 0 Å². The average molecular weight is 292 g/mol. The van der Waals surface area contributed by atoms with Gasteiger partial charge in [-0.2, -0.15) is 0 Å². The molecule has 0 aromatic heterocycles. The monoisotopic (exact) mass is 292 g/mol. The zero-order chi connectivity index (χ0) is 14.8. The quantitative estimate of drug-likeness (QED) is 0.868. The maximum absolute atomic E-state index is 5.30. The second-order valence-electron chi connectivity index (χ2n) is 5.38. The molecule has 2 aliphatic rings. The van der Waals surface area contributed by atoms with E-state index in [4.69, 9.17) is 9.47 Å². The summed E-state index contributed by atoms with van der Waals surface area (Å²) in [6.45, 7) is 1.20. The Balaban J connectivity index is 1.82. The molecule has 4 rings (SSSR count). The number of ether oxygens (including phenoxy) is 2. The fourth-order valence-corrected chi connectivity index (χ4v) is 2.99. The molecule has 2 aromatic carbocycles. The van der Waals surface area contributed by atoms with Crippen molar-refractivity contribution in [3.05, 3.63) is 59.7 Å². The Hall–Kier alpha value is -2.62. The molecule has 2 aromatic rings. The molecule has 0 N–H and O–H groups in total. The van der Waals surface area contributed by atoms with Gasteiger partial charge >= 0.3 is 0 Å². The summed E-state index contributed by atoms with van der Waals surface area (Å²) in [4.78, 5) is 8.84. The highest BCUT2D eigenvalue weighted by atomic mass is 16.5.